The highest BCUT2D eigenvalue weighted by atomic mass is 16.5. The molecular formula is C20H38O3. The molecule has 0 bridgehead atoms. The Morgan fingerprint density at radius 3 is 2.00 bits per heavy atom. The summed E-state index contributed by atoms with van der Waals surface area (Å²) in [5.41, 5.74) is 1.32. The van der Waals surface area contributed by atoms with Crippen LogP contribution in [0.4, 0.5) is 0 Å². The maximum absolute atomic E-state index is 8.00. The number of hydrogen-bond donors (Lipinski definition) is 1. The molecule has 1 atom stereocenters. The van der Waals surface area contributed by atoms with Gasteiger partial charge in [-0.05, 0) is 26.2 Å². The van der Waals surface area contributed by atoms with Crippen molar-refractivity contribution in [2.24, 2.45) is 5.92 Å². The zero-order valence-corrected chi connectivity index (χ0v) is 15.9. The number of ether oxygens (including phenoxy) is 1. The second-order valence-corrected chi connectivity index (χ2v) is 5.27. The Morgan fingerprint density at radius 2 is 1.61 bits per heavy atom. The van der Waals surface area contributed by atoms with Gasteiger partial charge in [0.05, 0.1) is 0 Å². The van der Waals surface area contributed by atoms with Gasteiger partial charge in [0.1, 0.15) is 6.79 Å². The van der Waals surface area contributed by atoms with Gasteiger partial charge in [0.15, 0.2) is 0 Å². The van der Waals surface area contributed by atoms with Crippen LogP contribution >= 0.6 is 0 Å². The molecule has 0 aliphatic carbocycles. The second kappa shape index (κ2) is 25.7. The lowest BCUT2D eigenvalue weighted by Crippen LogP contribution is -2.05. The lowest BCUT2D eigenvalue weighted by Gasteiger charge is -2.10. The van der Waals surface area contributed by atoms with Gasteiger partial charge in [-0.25, -0.2) is 0 Å². The maximum Gasteiger partial charge on any atom is 0.106 e. The number of carbonyl (C=O) groups excluding carboxylic acids is 1. The van der Waals surface area contributed by atoms with E-state index in [0.717, 1.165) is 26.2 Å². The molecule has 0 aromatic heterocycles. The van der Waals surface area contributed by atoms with Gasteiger partial charge in [0, 0.05) is 20.3 Å². The van der Waals surface area contributed by atoms with E-state index in [1.807, 2.05) is 25.0 Å². The summed E-state index contributed by atoms with van der Waals surface area (Å²) in [5.74, 6) is 0.752. The fraction of sp³-hybridized carbons (Fsp3) is 0.650. The molecule has 0 saturated carbocycles. The second-order valence-electron chi connectivity index (χ2n) is 5.27. The van der Waals surface area contributed by atoms with Crippen molar-refractivity contribution in [1.29, 1.82) is 0 Å². The fourth-order valence-electron chi connectivity index (χ4n) is 1.86. The predicted octanol–water partition coefficient (Wildman–Crippen LogP) is 5.05. The largest absolute Gasteiger partial charge is 0.400 e. The van der Waals surface area contributed by atoms with Gasteiger partial charge in [-0.3, -0.25) is 0 Å². The van der Waals surface area contributed by atoms with E-state index in [1.165, 1.54) is 37.7 Å². The SMILES string of the molecule is C=O.CCCCCCC(C)COCC.CO.Cc1ccccc1. The number of hydrogen-bond acceptors (Lipinski definition) is 3. The minimum Gasteiger partial charge on any atom is -0.400 e. The lowest BCUT2D eigenvalue weighted by molar-refractivity contribution is -0.0979. The monoisotopic (exact) mass is 326 g/mol. The Kier molecular flexibility index (Phi) is 29.9. The minimum atomic E-state index is 0.752. The summed E-state index contributed by atoms with van der Waals surface area (Å²) in [4.78, 5) is 8.00. The van der Waals surface area contributed by atoms with Crippen LogP contribution in [0.2, 0.25) is 0 Å². The summed E-state index contributed by atoms with van der Waals surface area (Å²) in [5, 5.41) is 7.00. The quantitative estimate of drug-likeness (QED) is 0.680. The molecule has 1 N–H and O–H groups in total. The third kappa shape index (κ3) is 26.1. The third-order valence-electron chi connectivity index (χ3n) is 3.10. The van der Waals surface area contributed by atoms with Crippen LogP contribution in [-0.2, 0) is 9.53 Å². The Bertz CT molecular complexity index is 288. The molecule has 0 amide bonds. The van der Waals surface area contributed by atoms with Crippen molar-refractivity contribution in [2.75, 3.05) is 20.3 Å². The van der Waals surface area contributed by atoms with Crippen LogP contribution < -0.4 is 0 Å². The van der Waals surface area contributed by atoms with Gasteiger partial charge in [-0.2, -0.15) is 0 Å². The summed E-state index contributed by atoms with van der Waals surface area (Å²) in [7, 11) is 1.00. The first-order valence-electron chi connectivity index (χ1n) is 8.53. The van der Waals surface area contributed by atoms with E-state index in [4.69, 9.17) is 14.6 Å². The van der Waals surface area contributed by atoms with Crippen LogP contribution in [0.3, 0.4) is 0 Å². The summed E-state index contributed by atoms with van der Waals surface area (Å²) >= 11 is 0. The topological polar surface area (TPSA) is 46.5 Å². The first-order valence-corrected chi connectivity index (χ1v) is 8.53. The number of aryl methyl sites for hydroxylation is 1. The standard InChI is InChI=1S/C11H24O.C7H8.CH4O.CH2O/c1-4-6-7-8-9-11(3)10-12-5-2;1-7-5-3-2-4-6-7;2*1-2/h11H,4-10H2,1-3H3;2-6H,1H3;2H,1H3;1H2. The van der Waals surface area contributed by atoms with Gasteiger partial charge in [0.25, 0.3) is 0 Å². The van der Waals surface area contributed by atoms with E-state index >= 15 is 0 Å². The van der Waals surface area contributed by atoms with E-state index in [9.17, 15) is 0 Å². The minimum absolute atomic E-state index is 0.752. The van der Waals surface area contributed by atoms with E-state index in [-0.39, 0.29) is 0 Å². The molecule has 0 aliphatic heterocycles. The van der Waals surface area contributed by atoms with Gasteiger partial charge in [-0.1, -0.05) is 75.4 Å². The number of rotatable bonds is 8. The number of carbonyl (C=O) groups is 1. The first kappa shape index (κ1) is 26.7. The van der Waals surface area contributed by atoms with Crippen molar-refractivity contribution in [3.8, 4) is 0 Å². The average Bonchev–Trinajstić information content (AvgIpc) is 2.61. The van der Waals surface area contributed by atoms with Crippen molar-refractivity contribution in [2.45, 2.75) is 59.8 Å². The normalized spacial score (nSPS) is 10.0. The van der Waals surface area contributed by atoms with Crippen molar-refractivity contribution < 1.29 is 14.6 Å². The molecule has 1 unspecified atom stereocenters. The molecule has 0 fully saturated rings. The highest BCUT2D eigenvalue weighted by Gasteiger charge is 2.00. The highest BCUT2D eigenvalue weighted by Crippen LogP contribution is 2.10. The number of unbranched alkanes of at least 4 members (excludes halogenated alkanes) is 3. The highest BCUT2D eigenvalue weighted by molar-refractivity contribution is 5.11. The first-order chi connectivity index (χ1) is 11.2. The van der Waals surface area contributed by atoms with Crippen molar-refractivity contribution in [3.05, 3.63) is 35.9 Å². The zero-order valence-electron chi connectivity index (χ0n) is 15.9. The zero-order chi connectivity index (χ0) is 18.3. The van der Waals surface area contributed by atoms with Crippen molar-refractivity contribution in [3.63, 3.8) is 0 Å². The van der Waals surface area contributed by atoms with Gasteiger partial charge in [-0.15, -0.1) is 0 Å². The Labute approximate surface area is 144 Å². The predicted molar refractivity (Wildman–Crippen MR) is 101 cm³/mol. The van der Waals surface area contributed by atoms with E-state index < -0.39 is 0 Å². The summed E-state index contributed by atoms with van der Waals surface area (Å²) < 4.78 is 5.35. The Balaban J connectivity index is -0.000000307. The molecule has 3 nitrogen and oxygen atoms in total. The molecular weight excluding hydrogens is 288 g/mol. The Morgan fingerprint density at radius 1 is 1.04 bits per heavy atom. The van der Waals surface area contributed by atoms with Gasteiger partial charge >= 0.3 is 0 Å². The molecule has 1 aromatic carbocycles. The van der Waals surface area contributed by atoms with Crippen molar-refractivity contribution in [1.82, 2.24) is 0 Å². The molecule has 23 heavy (non-hydrogen) atoms. The van der Waals surface area contributed by atoms with Crippen LogP contribution in [0.25, 0.3) is 0 Å². The summed E-state index contributed by atoms with van der Waals surface area (Å²) in [6, 6.07) is 10.3. The van der Waals surface area contributed by atoms with Crippen LogP contribution in [0.1, 0.15) is 58.4 Å². The number of aliphatic hydroxyl groups excluding tert-OH is 1. The van der Waals surface area contributed by atoms with Crippen LogP contribution in [0.15, 0.2) is 30.3 Å². The molecule has 1 rings (SSSR count). The fourth-order valence-corrected chi connectivity index (χ4v) is 1.86. The molecule has 136 valence electrons. The van der Waals surface area contributed by atoms with Gasteiger partial charge in [0.2, 0.25) is 0 Å². The molecule has 0 spiro atoms. The Hall–Kier alpha value is -1.19. The molecule has 3 heteroatoms. The molecule has 0 saturated heterocycles. The van der Waals surface area contributed by atoms with Crippen LogP contribution in [-0.4, -0.2) is 32.2 Å². The van der Waals surface area contributed by atoms with E-state index in [1.54, 1.807) is 0 Å². The molecule has 0 radical (unpaired) electrons. The van der Waals surface area contributed by atoms with E-state index in [2.05, 4.69) is 39.8 Å². The average molecular weight is 327 g/mol. The van der Waals surface area contributed by atoms with Crippen molar-refractivity contribution >= 4 is 6.79 Å². The maximum atomic E-state index is 8.00. The third-order valence-corrected chi connectivity index (χ3v) is 3.10. The number of aliphatic hydroxyl groups is 1. The lowest BCUT2D eigenvalue weighted by atomic mass is 10.0. The molecule has 0 aliphatic rings. The smallest absolute Gasteiger partial charge is 0.106 e. The molecule has 1 aromatic rings. The van der Waals surface area contributed by atoms with E-state index in [0.29, 0.717) is 0 Å². The molecule has 0 heterocycles. The van der Waals surface area contributed by atoms with Crippen LogP contribution in [0.5, 0.6) is 0 Å². The summed E-state index contributed by atoms with van der Waals surface area (Å²) in [6.07, 6.45) is 6.83. The van der Waals surface area contributed by atoms with Crippen LogP contribution in [0, 0.1) is 12.8 Å². The summed E-state index contributed by atoms with van der Waals surface area (Å²) in [6.45, 7) is 12.5. The van der Waals surface area contributed by atoms with Gasteiger partial charge < -0.3 is 14.6 Å². The number of benzene rings is 1.